The molecule has 0 unspecified atom stereocenters. The van der Waals surface area contributed by atoms with Crippen LogP contribution in [0.4, 0.5) is 39.5 Å². The van der Waals surface area contributed by atoms with Crippen molar-refractivity contribution in [1.82, 2.24) is 9.78 Å². The van der Waals surface area contributed by atoms with Gasteiger partial charge in [0.2, 0.25) is 0 Å². The van der Waals surface area contributed by atoms with Crippen molar-refractivity contribution in [1.29, 1.82) is 0 Å². The highest BCUT2D eigenvalue weighted by Crippen LogP contribution is 2.38. The number of alkyl halides is 9. The van der Waals surface area contributed by atoms with E-state index < -0.39 is 52.7 Å². The van der Waals surface area contributed by atoms with Gasteiger partial charge >= 0.3 is 24.5 Å². The largest absolute Gasteiger partial charge is 0.477 e. The second kappa shape index (κ2) is 5.92. The number of nitrogens with zero attached hydrogens (tertiary/aromatic N) is 2. The number of rotatable bonds is 2. The van der Waals surface area contributed by atoms with Gasteiger partial charge < -0.3 is 5.11 Å². The number of aromatic nitrogens is 2. The molecule has 4 nitrogen and oxygen atoms in total. The van der Waals surface area contributed by atoms with Crippen LogP contribution in [0.2, 0.25) is 0 Å². The minimum Gasteiger partial charge on any atom is -0.477 e. The normalized spacial score (nSPS) is 13.1. The molecule has 0 bridgehead atoms. The summed E-state index contributed by atoms with van der Waals surface area (Å²) in [5.74, 6) is -2.03. The lowest BCUT2D eigenvalue weighted by Gasteiger charge is -2.15. The van der Waals surface area contributed by atoms with Gasteiger partial charge in [-0.05, 0) is 18.2 Å². The topological polar surface area (TPSA) is 55.1 Å². The van der Waals surface area contributed by atoms with E-state index in [4.69, 9.17) is 5.11 Å². The van der Waals surface area contributed by atoms with Gasteiger partial charge in [-0.25, -0.2) is 9.48 Å². The van der Waals surface area contributed by atoms with Crippen molar-refractivity contribution in [2.75, 3.05) is 0 Å². The third-order valence-corrected chi connectivity index (χ3v) is 3.04. The molecule has 1 aromatic heterocycles. The fraction of sp³-hybridized carbons (Fsp3) is 0.231. The third kappa shape index (κ3) is 3.91. The van der Waals surface area contributed by atoms with Crippen molar-refractivity contribution >= 4 is 5.97 Å². The van der Waals surface area contributed by atoms with Gasteiger partial charge in [-0.2, -0.15) is 44.6 Å². The first-order chi connectivity index (χ1) is 11.6. The number of halogens is 9. The molecule has 0 radical (unpaired) electrons. The molecule has 2 rings (SSSR count). The molecule has 0 amide bonds. The molecule has 0 aliphatic heterocycles. The van der Waals surface area contributed by atoms with Crippen molar-refractivity contribution in [2.24, 2.45) is 0 Å². The molecule has 26 heavy (non-hydrogen) atoms. The molecular formula is C13H5F9N2O2. The van der Waals surface area contributed by atoms with Gasteiger partial charge in [0.05, 0.1) is 16.8 Å². The van der Waals surface area contributed by atoms with Gasteiger partial charge in [0.15, 0.2) is 11.4 Å². The summed E-state index contributed by atoms with van der Waals surface area (Å²) in [6.07, 6.45) is -15.7. The number of aromatic carboxylic acids is 1. The summed E-state index contributed by atoms with van der Waals surface area (Å²) in [4.78, 5) is 11.0. The first-order valence-corrected chi connectivity index (χ1v) is 6.31. The zero-order chi connectivity index (χ0) is 20.1. The highest BCUT2D eigenvalue weighted by molar-refractivity contribution is 5.86. The molecule has 0 aliphatic carbocycles. The molecule has 0 saturated carbocycles. The molecule has 142 valence electrons. The maximum atomic E-state index is 12.8. The molecular weight excluding hydrogens is 387 g/mol. The van der Waals surface area contributed by atoms with Gasteiger partial charge in [0.25, 0.3) is 0 Å². The van der Waals surface area contributed by atoms with Crippen LogP contribution >= 0.6 is 0 Å². The smallest absolute Gasteiger partial charge is 0.435 e. The maximum absolute atomic E-state index is 12.8. The van der Waals surface area contributed by atoms with E-state index in [1.165, 1.54) is 0 Å². The molecule has 13 heteroatoms. The lowest BCUT2D eigenvalue weighted by Crippen LogP contribution is -2.15. The van der Waals surface area contributed by atoms with Crippen LogP contribution in [0.15, 0.2) is 24.3 Å². The summed E-state index contributed by atoms with van der Waals surface area (Å²) < 4.78 is 115. The Labute approximate surface area is 137 Å². The standard InChI is InChI=1S/C13H5F9N2O2/c14-11(15,16)5-1-6(12(17,18)19)3-7(2-5)24-8(10(25)26)4-9(23-24)13(20,21)22/h1-4H,(H,25,26). The van der Waals surface area contributed by atoms with Crippen LogP contribution in [0.3, 0.4) is 0 Å². The Morgan fingerprint density at radius 1 is 0.808 bits per heavy atom. The summed E-state index contributed by atoms with van der Waals surface area (Å²) in [7, 11) is 0. The molecule has 1 N–H and O–H groups in total. The molecule has 1 aromatic carbocycles. The lowest BCUT2D eigenvalue weighted by atomic mass is 10.1. The van der Waals surface area contributed by atoms with Crippen molar-refractivity contribution in [3.63, 3.8) is 0 Å². The van der Waals surface area contributed by atoms with Crippen LogP contribution in [-0.2, 0) is 18.5 Å². The van der Waals surface area contributed by atoms with Crippen LogP contribution in [0, 0.1) is 0 Å². The van der Waals surface area contributed by atoms with Crippen molar-refractivity contribution in [3.8, 4) is 5.69 Å². The first-order valence-electron chi connectivity index (χ1n) is 6.31. The Kier molecular flexibility index (Phi) is 4.46. The molecule has 2 aromatic rings. The SMILES string of the molecule is O=C(O)c1cc(C(F)(F)F)nn1-c1cc(C(F)(F)F)cc(C(F)(F)F)c1. The number of carboxylic acids is 1. The third-order valence-electron chi connectivity index (χ3n) is 3.04. The average molecular weight is 392 g/mol. The van der Waals surface area contributed by atoms with Gasteiger partial charge in [-0.3, -0.25) is 0 Å². The second-order valence-electron chi connectivity index (χ2n) is 4.89. The number of hydrogen-bond acceptors (Lipinski definition) is 2. The van der Waals surface area contributed by atoms with E-state index in [2.05, 4.69) is 5.10 Å². The van der Waals surface area contributed by atoms with E-state index in [9.17, 15) is 44.3 Å². The van der Waals surface area contributed by atoms with Crippen LogP contribution in [0.5, 0.6) is 0 Å². The Morgan fingerprint density at radius 2 is 1.27 bits per heavy atom. The quantitative estimate of drug-likeness (QED) is 0.759. The Balaban J connectivity index is 2.79. The van der Waals surface area contributed by atoms with Crippen LogP contribution in [0.25, 0.3) is 5.69 Å². The van der Waals surface area contributed by atoms with E-state index in [1.54, 1.807) is 0 Å². The molecule has 0 saturated heterocycles. The fourth-order valence-corrected chi connectivity index (χ4v) is 1.93. The first kappa shape index (κ1) is 19.6. The monoisotopic (exact) mass is 392 g/mol. The molecule has 0 aliphatic rings. The molecule has 1 heterocycles. The van der Waals surface area contributed by atoms with Gasteiger partial charge in [0.1, 0.15) is 0 Å². The highest BCUT2D eigenvalue weighted by Gasteiger charge is 2.39. The van der Waals surface area contributed by atoms with E-state index in [-0.39, 0.29) is 28.9 Å². The number of benzene rings is 1. The van der Waals surface area contributed by atoms with Crippen LogP contribution in [0.1, 0.15) is 27.3 Å². The maximum Gasteiger partial charge on any atom is 0.435 e. The Bertz CT molecular complexity index is 815. The van der Waals surface area contributed by atoms with E-state index in [0.717, 1.165) is 0 Å². The summed E-state index contributed by atoms with van der Waals surface area (Å²) in [5, 5.41) is 11.7. The minimum absolute atomic E-state index is 0.00411. The Hall–Kier alpha value is -2.73. The van der Waals surface area contributed by atoms with Crippen LogP contribution < -0.4 is 0 Å². The van der Waals surface area contributed by atoms with E-state index >= 15 is 0 Å². The van der Waals surface area contributed by atoms with E-state index in [0.29, 0.717) is 0 Å². The van der Waals surface area contributed by atoms with Crippen molar-refractivity contribution in [2.45, 2.75) is 18.5 Å². The van der Waals surface area contributed by atoms with Crippen molar-refractivity contribution in [3.05, 3.63) is 46.8 Å². The molecule has 0 atom stereocenters. The predicted molar refractivity (Wildman–Crippen MR) is 65.5 cm³/mol. The number of carbonyl (C=O) groups is 1. The fourth-order valence-electron chi connectivity index (χ4n) is 1.93. The molecule has 0 spiro atoms. The minimum atomic E-state index is -5.26. The van der Waals surface area contributed by atoms with E-state index in [1.807, 2.05) is 0 Å². The van der Waals surface area contributed by atoms with Crippen LogP contribution in [-0.4, -0.2) is 20.9 Å². The second-order valence-corrected chi connectivity index (χ2v) is 4.89. The van der Waals surface area contributed by atoms with Gasteiger partial charge in [-0.15, -0.1) is 0 Å². The lowest BCUT2D eigenvalue weighted by molar-refractivity contribution is -0.143. The zero-order valence-electron chi connectivity index (χ0n) is 12.0. The summed E-state index contributed by atoms with van der Waals surface area (Å²) >= 11 is 0. The average Bonchev–Trinajstić information content (AvgIpc) is 2.90. The zero-order valence-corrected chi connectivity index (χ0v) is 12.0. The van der Waals surface area contributed by atoms with Gasteiger partial charge in [0, 0.05) is 6.07 Å². The predicted octanol–water partition coefficient (Wildman–Crippen LogP) is 4.63. The molecule has 0 fully saturated rings. The number of carboxylic acid groups (broad SMARTS) is 1. The van der Waals surface area contributed by atoms with Crippen molar-refractivity contribution < 1.29 is 49.4 Å². The summed E-state index contributed by atoms with van der Waals surface area (Å²) in [6, 6.07) is -0.127. The number of hydrogen-bond donors (Lipinski definition) is 1. The summed E-state index contributed by atoms with van der Waals surface area (Å²) in [6.45, 7) is 0. The highest BCUT2D eigenvalue weighted by atomic mass is 19.4. The van der Waals surface area contributed by atoms with Gasteiger partial charge in [-0.1, -0.05) is 0 Å². The summed E-state index contributed by atoms with van der Waals surface area (Å²) in [5.41, 5.74) is -7.85. The Morgan fingerprint density at radius 3 is 1.62 bits per heavy atom.